The van der Waals surface area contributed by atoms with Gasteiger partial charge in [-0.1, -0.05) is 61.9 Å². The molecule has 2 amide bonds. The normalized spacial score (nSPS) is 34.3. The van der Waals surface area contributed by atoms with Crippen molar-refractivity contribution in [1.82, 2.24) is 4.90 Å². The molecule has 210 valence electrons. The number of hydrogen-bond donors (Lipinski definition) is 1. The van der Waals surface area contributed by atoms with Crippen LogP contribution < -0.4 is 4.90 Å². The fraction of sp³-hybridized carbons (Fsp3) is 0.567. The highest BCUT2D eigenvalue weighted by molar-refractivity contribution is 6.34. The second kappa shape index (κ2) is 10.7. The van der Waals surface area contributed by atoms with E-state index >= 15 is 0 Å². The van der Waals surface area contributed by atoms with Crippen LogP contribution in [-0.4, -0.2) is 70.8 Å². The molecule has 0 radical (unpaired) electrons. The first-order chi connectivity index (χ1) is 18.6. The van der Waals surface area contributed by atoms with Crippen LogP contribution in [0.4, 0.5) is 5.69 Å². The highest BCUT2D eigenvalue weighted by Gasteiger charge is 2.75. The minimum Gasteiger partial charge on any atom is -0.465 e. The molecule has 1 N–H and O–H groups in total. The van der Waals surface area contributed by atoms with Gasteiger partial charge in [0.15, 0.2) is 0 Å². The highest BCUT2D eigenvalue weighted by atomic mass is 35.5. The van der Waals surface area contributed by atoms with Crippen molar-refractivity contribution in [2.24, 2.45) is 17.8 Å². The van der Waals surface area contributed by atoms with Crippen molar-refractivity contribution in [1.29, 1.82) is 0 Å². The summed E-state index contributed by atoms with van der Waals surface area (Å²) in [4.78, 5) is 45.7. The van der Waals surface area contributed by atoms with Gasteiger partial charge in [-0.05, 0) is 50.7 Å². The summed E-state index contributed by atoms with van der Waals surface area (Å²) in [6.07, 6.45) is 10.3. The maximum atomic E-state index is 14.6. The Morgan fingerprint density at radius 3 is 2.56 bits per heavy atom. The molecule has 6 atom stereocenters. The molecule has 2 saturated heterocycles. The van der Waals surface area contributed by atoms with Crippen LogP contribution in [0.3, 0.4) is 0 Å². The van der Waals surface area contributed by atoms with Gasteiger partial charge in [0.1, 0.15) is 17.6 Å². The number of aliphatic hydroxyl groups is 1. The number of ether oxygens (including phenoxy) is 2. The van der Waals surface area contributed by atoms with Gasteiger partial charge in [-0.2, -0.15) is 0 Å². The van der Waals surface area contributed by atoms with Crippen molar-refractivity contribution >= 4 is 35.1 Å². The van der Waals surface area contributed by atoms with Crippen molar-refractivity contribution in [3.63, 3.8) is 0 Å². The Bertz CT molecular complexity index is 1200. The summed E-state index contributed by atoms with van der Waals surface area (Å²) in [5.41, 5.74) is -2.06. The van der Waals surface area contributed by atoms with Gasteiger partial charge in [-0.25, -0.2) is 0 Å². The zero-order chi connectivity index (χ0) is 27.9. The topological polar surface area (TPSA) is 96.4 Å². The van der Waals surface area contributed by atoms with E-state index in [4.69, 9.17) is 21.1 Å². The molecule has 4 heterocycles. The average Bonchev–Trinajstić information content (AvgIpc) is 3.23. The van der Waals surface area contributed by atoms with Crippen LogP contribution in [0.2, 0.25) is 5.02 Å². The van der Waals surface area contributed by atoms with Gasteiger partial charge in [-0.3, -0.25) is 14.4 Å². The largest absolute Gasteiger partial charge is 0.465 e. The van der Waals surface area contributed by atoms with Gasteiger partial charge in [0.05, 0.1) is 41.5 Å². The minimum absolute atomic E-state index is 0.148. The van der Waals surface area contributed by atoms with E-state index in [-0.39, 0.29) is 37.5 Å². The summed E-state index contributed by atoms with van der Waals surface area (Å²) in [5.74, 6) is -3.04. The van der Waals surface area contributed by atoms with Crippen molar-refractivity contribution in [2.45, 2.75) is 69.7 Å². The summed E-state index contributed by atoms with van der Waals surface area (Å²) in [6, 6.07) is 5.34. The molecule has 1 unspecified atom stereocenters. The van der Waals surface area contributed by atoms with Gasteiger partial charge < -0.3 is 24.4 Å². The Balaban J connectivity index is 1.68. The number of aliphatic hydroxyl groups excluding tert-OH is 1. The van der Waals surface area contributed by atoms with E-state index in [0.29, 0.717) is 17.1 Å². The van der Waals surface area contributed by atoms with Crippen LogP contribution in [0.5, 0.6) is 0 Å². The molecule has 9 heteroatoms. The number of fused-ring (bicyclic) bond motifs is 2. The molecule has 39 heavy (non-hydrogen) atoms. The summed E-state index contributed by atoms with van der Waals surface area (Å²) in [5, 5.41) is 10.9. The first kappa shape index (κ1) is 27.9. The van der Waals surface area contributed by atoms with Crippen LogP contribution in [-0.2, 0) is 23.9 Å². The second-order valence-corrected chi connectivity index (χ2v) is 12.0. The van der Waals surface area contributed by atoms with Gasteiger partial charge in [0, 0.05) is 6.54 Å². The van der Waals surface area contributed by atoms with Crippen LogP contribution in [0, 0.1) is 17.8 Å². The number of carbonyl (C=O) groups excluding carboxylic acids is 3. The molecule has 0 bridgehead atoms. The van der Waals surface area contributed by atoms with E-state index in [0.717, 1.165) is 19.3 Å². The molecule has 2 fully saturated rings. The Labute approximate surface area is 234 Å². The van der Waals surface area contributed by atoms with E-state index in [9.17, 15) is 19.5 Å². The van der Waals surface area contributed by atoms with Gasteiger partial charge in [0.2, 0.25) is 5.91 Å². The first-order valence-electron chi connectivity index (χ1n) is 13.9. The number of rotatable bonds is 5. The molecule has 1 spiro atoms. The fourth-order valence-corrected chi connectivity index (χ4v) is 7.08. The molecule has 0 aliphatic carbocycles. The third kappa shape index (κ3) is 4.60. The van der Waals surface area contributed by atoms with Crippen molar-refractivity contribution in [3.8, 4) is 0 Å². The molecule has 4 aliphatic heterocycles. The molecule has 5 rings (SSSR count). The number of hydrogen-bond acceptors (Lipinski definition) is 6. The number of amides is 2. The Morgan fingerprint density at radius 2 is 1.85 bits per heavy atom. The highest BCUT2D eigenvalue weighted by Crippen LogP contribution is 2.57. The summed E-state index contributed by atoms with van der Waals surface area (Å²) >= 11 is 6.52. The summed E-state index contributed by atoms with van der Waals surface area (Å²) < 4.78 is 12.5. The Hall–Kier alpha value is -2.68. The lowest BCUT2D eigenvalue weighted by molar-refractivity contribution is -0.160. The molecular formula is C30H37ClN2O6. The Kier molecular flexibility index (Phi) is 7.65. The van der Waals surface area contributed by atoms with Crippen LogP contribution in [0.25, 0.3) is 0 Å². The standard InChI is InChI=1S/C30H37ClN2O6/c1-19(2)17-20(18-34)33-25-27(36)32(22-12-7-6-11-21(22)31)15-10-14-30(25)23(26(33)35)24-28(37)38-16-9-5-4-8-13-29(24,3)39-30/h6-8,10-14,19-20,23-25,34H,4-5,9,15-18H2,1-3H3/b13-8-/t20-,23+,24-,25?,29+,30+/m1/s1. The van der Waals surface area contributed by atoms with Gasteiger partial charge >= 0.3 is 5.97 Å². The second-order valence-electron chi connectivity index (χ2n) is 11.6. The number of para-hydroxylation sites is 1. The first-order valence-corrected chi connectivity index (χ1v) is 14.2. The number of cyclic esters (lactones) is 1. The monoisotopic (exact) mass is 556 g/mol. The molecule has 1 aromatic rings. The Morgan fingerprint density at radius 1 is 1.08 bits per heavy atom. The quantitative estimate of drug-likeness (QED) is 0.436. The van der Waals surface area contributed by atoms with Crippen LogP contribution in [0.1, 0.15) is 46.5 Å². The number of halogens is 1. The number of carbonyl (C=O) groups is 3. The van der Waals surface area contributed by atoms with Crippen LogP contribution >= 0.6 is 11.6 Å². The summed E-state index contributed by atoms with van der Waals surface area (Å²) in [7, 11) is 0. The van der Waals surface area contributed by atoms with E-state index < -0.39 is 41.1 Å². The number of anilines is 1. The smallest absolute Gasteiger partial charge is 0.313 e. The van der Waals surface area contributed by atoms with E-state index in [1.807, 2.05) is 32.1 Å². The molecular weight excluding hydrogens is 520 g/mol. The number of allylic oxidation sites excluding steroid dienone is 1. The molecule has 4 aliphatic rings. The minimum atomic E-state index is -1.43. The van der Waals surface area contributed by atoms with E-state index in [1.54, 1.807) is 42.2 Å². The van der Waals surface area contributed by atoms with Crippen molar-refractivity contribution in [3.05, 3.63) is 53.6 Å². The number of nitrogens with zero attached hydrogens (tertiary/aromatic N) is 2. The lowest BCUT2D eigenvalue weighted by Gasteiger charge is -2.40. The molecule has 0 saturated carbocycles. The zero-order valence-corrected chi connectivity index (χ0v) is 23.5. The predicted molar refractivity (Wildman–Crippen MR) is 147 cm³/mol. The number of esters is 1. The lowest BCUT2D eigenvalue weighted by atomic mass is 9.74. The van der Waals surface area contributed by atoms with E-state index in [2.05, 4.69) is 0 Å². The molecule has 0 aromatic heterocycles. The van der Waals surface area contributed by atoms with E-state index in [1.165, 1.54) is 4.90 Å². The zero-order valence-electron chi connectivity index (χ0n) is 22.7. The summed E-state index contributed by atoms with van der Waals surface area (Å²) in [6.45, 7) is 5.96. The van der Waals surface area contributed by atoms with Gasteiger partial charge in [0.25, 0.3) is 5.91 Å². The molecule has 1 aromatic carbocycles. The number of likely N-dealkylation sites (tertiary alicyclic amines) is 1. The fourth-order valence-electron chi connectivity index (χ4n) is 6.84. The van der Waals surface area contributed by atoms with Crippen molar-refractivity contribution in [2.75, 3.05) is 24.7 Å². The SMILES string of the molecule is CC(C)C[C@H](CO)N1C(=O)[C@@H]2[C@@H]3C(=O)OCCCC/C=C\[C@]3(C)O[C@@]23C=CCN(c2ccccc2Cl)C(=O)C13. The number of benzene rings is 1. The molecule has 8 nitrogen and oxygen atoms in total. The van der Waals surface area contributed by atoms with Crippen molar-refractivity contribution < 1.29 is 29.0 Å². The third-order valence-electron chi connectivity index (χ3n) is 8.43. The average molecular weight is 557 g/mol. The maximum Gasteiger partial charge on any atom is 0.313 e. The third-order valence-corrected chi connectivity index (χ3v) is 8.75. The lowest BCUT2D eigenvalue weighted by Crippen LogP contribution is -2.59. The van der Waals surface area contributed by atoms with Gasteiger partial charge in [-0.15, -0.1) is 0 Å². The predicted octanol–water partition coefficient (Wildman–Crippen LogP) is 3.90. The maximum absolute atomic E-state index is 14.6. The van der Waals surface area contributed by atoms with Crippen LogP contribution in [0.15, 0.2) is 48.6 Å².